The van der Waals surface area contributed by atoms with Gasteiger partial charge in [0.05, 0.1) is 14.2 Å². The van der Waals surface area contributed by atoms with E-state index in [0.717, 1.165) is 8.95 Å². The van der Waals surface area contributed by atoms with Crippen LogP contribution < -0.4 is 9.47 Å². The third kappa shape index (κ3) is 3.22. The van der Waals surface area contributed by atoms with E-state index >= 15 is 0 Å². The van der Waals surface area contributed by atoms with Crippen molar-refractivity contribution in [2.45, 2.75) is 0 Å². The van der Waals surface area contributed by atoms with E-state index in [1.165, 1.54) is 0 Å². The molecule has 0 aromatic heterocycles. The molecule has 0 saturated carbocycles. The van der Waals surface area contributed by atoms with Gasteiger partial charge in [0.25, 0.3) is 0 Å². The van der Waals surface area contributed by atoms with E-state index in [-0.39, 0.29) is 5.78 Å². The van der Waals surface area contributed by atoms with E-state index in [4.69, 9.17) is 9.47 Å². The summed E-state index contributed by atoms with van der Waals surface area (Å²) in [6.45, 7) is 0. The first kappa shape index (κ1) is 15.1. The quantitative estimate of drug-likeness (QED) is 0.712. The Morgan fingerprint density at radius 3 is 2.00 bits per heavy atom. The highest BCUT2D eigenvalue weighted by molar-refractivity contribution is 9.11. The summed E-state index contributed by atoms with van der Waals surface area (Å²) in [5.74, 6) is 1.06. The lowest BCUT2D eigenvalue weighted by molar-refractivity contribution is 0.103. The summed E-state index contributed by atoms with van der Waals surface area (Å²) in [5, 5.41) is 0. The molecule has 0 aliphatic rings. The number of halogens is 2. The molecule has 0 spiro atoms. The van der Waals surface area contributed by atoms with Crippen LogP contribution in [-0.4, -0.2) is 20.0 Å². The van der Waals surface area contributed by atoms with Gasteiger partial charge in [-0.05, 0) is 36.4 Å². The lowest BCUT2D eigenvalue weighted by Gasteiger charge is -2.09. The number of hydrogen-bond donors (Lipinski definition) is 0. The van der Waals surface area contributed by atoms with Crippen molar-refractivity contribution in [1.82, 2.24) is 0 Å². The predicted octanol–water partition coefficient (Wildman–Crippen LogP) is 4.46. The van der Waals surface area contributed by atoms with Gasteiger partial charge in [-0.25, -0.2) is 0 Å². The van der Waals surface area contributed by atoms with Gasteiger partial charge in [-0.1, -0.05) is 31.9 Å². The Kier molecular flexibility index (Phi) is 4.83. The first-order chi connectivity index (χ1) is 9.55. The maximum atomic E-state index is 12.5. The van der Waals surface area contributed by atoms with Crippen molar-refractivity contribution in [3.63, 3.8) is 0 Å². The number of carbonyl (C=O) groups is 1. The highest BCUT2D eigenvalue weighted by Gasteiger charge is 2.13. The van der Waals surface area contributed by atoms with Gasteiger partial charge >= 0.3 is 0 Å². The highest BCUT2D eigenvalue weighted by atomic mass is 79.9. The van der Waals surface area contributed by atoms with Crippen LogP contribution in [0, 0.1) is 0 Å². The molecule has 0 N–H and O–H groups in total. The SMILES string of the molecule is COc1ccc(C(=O)c2cc(Br)cc(Br)c2)cc1OC. The molecule has 0 atom stereocenters. The molecule has 0 amide bonds. The molecule has 20 heavy (non-hydrogen) atoms. The second-order valence-electron chi connectivity index (χ2n) is 4.06. The maximum Gasteiger partial charge on any atom is 0.193 e. The van der Waals surface area contributed by atoms with Crippen LogP contribution in [-0.2, 0) is 0 Å². The summed E-state index contributed by atoms with van der Waals surface area (Å²) in [6.07, 6.45) is 0. The van der Waals surface area contributed by atoms with Crippen LogP contribution in [0.15, 0.2) is 45.3 Å². The Balaban J connectivity index is 2.42. The van der Waals surface area contributed by atoms with Crippen LogP contribution in [0.1, 0.15) is 15.9 Å². The number of rotatable bonds is 4. The van der Waals surface area contributed by atoms with Crippen LogP contribution in [0.2, 0.25) is 0 Å². The summed E-state index contributed by atoms with van der Waals surface area (Å²) >= 11 is 6.76. The Morgan fingerprint density at radius 2 is 1.45 bits per heavy atom. The molecule has 3 nitrogen and oxygen atoms in total. The van der Waals surface area contributed by atoms with E-state index in [0.29, 0.717) is 22.6 Å². The number of carbonyl (C=O) groups excluding carboxylic acids is 1. The van der Waals surface area contributed by atoms with E-state index in [2.05, 4.69) is 31.9 Å². The third-order valence-corrected chi connectivity index (χ3v) is 3.69. The van der Waals surface area contributed by atoms with Gasteiger partial charge in [0.15, 0.2) is 17.3 Å². The molecule has 2 aromatic rings. The molecule has 0 heterocycles. The first-order valence-corrected chi connectivity index (χ1v) is 7.36. The molecule has 0 fully saturated rings. The van der Waals surface area contributed by atoms with Crippen molar-refractivity contribution in [2.24, 2.45) is 0 Å². The monoisotopic (exact) mass is 398 g/mol. The predicted molar refractivity (Wildman–Crippen MR) is 84.8 cm³/mol. The van der Waals surface area contributed by atoms with Crippen molar-refractivity contribution in [1.29, 1.82) is 0 Å². The summed E-state index contributed by atoms with van der Waals surface area (Å²) < 4.78 is 12.1. The van der Waals surface area contributed by atoms with Crippen molar-refractivity contribution in [3.05, 3.63) is 56.5 Å². The molecule has 2 aromatic carbocycles. The molecule has 104 valence electrons. The molecule has 0 aliphatic carbocycles. The summed E-state index contributed by atoms with van der Waals surface area (Å²) in [7, 11) is 3.10. The fraction of sp³-hybridized carbons (Fsp3) is 0.133. The van der Waals surface area contributed by atoms with Gasteiger partial charge in [-0.2, -0.15) is 0 Å². The zero-order chi connectivity index (χ0) is 14.7. The van der Waals surface area contributed by atoms with Crippen molar-refractivity contribution in [2.75, 3.05) is 14.2 Å². The minimum absolute atomic E-state index is 0.0760. The lowest BCUT2D eigenvalue weighted by Crippen LogP contribution is -2.02. The molecule has 2 rings (SSSR count). The average Bonchev–Trinajstić information content (AvgIpc) is 2.44. The van der Waals surface area contributed by atoms with Gasteiger partial charge in [-0.15, -0.1) is 0 Å². The molecule has 0 saturated heterocycles. The number of hydrogen-bond acceptors (Lipinski definition) is 3. The van der Waals surface area contributed by atoms with E-state index < -0.39 is 0 Å². The Morgan fingerprint density at radius 1 is 0.850 bits per heavy atom. The standard InChI is InChI=1S/C15H12Br2O3/c1-19-13-4-3-9(7-14(13)20-2)15(18)10-5-11(16)8-12(17)6-10/h3-8H,1-2H3. The topological polar surface area (TPSA) is 35.5 Å². The summed E-state index contributed by atoms with van der Waals surface area (Å²) in [5.41, 5.74) is 1.14. The normalized spacial score (nSPS) is 10.2. The van der Waals surface area contributed by atoms with Crippen LogP contribution in [0.5, 0.6) is 11.5 Å². The van der Waals surface area contributed by atoms with Crippen molar-refractivity contribution >= 4 is 37.6 Å². The Bertz CT molecular complexity index is 633. The molecular formula is C15H12Br2O3. The third-order valence-electron chi connectivity index (χ3n) is 2.77. The lowest BCUT2D eigenvalue weighted by atomic mass is 10.0. The Hall–Kier alpha value is -1.33. The van der Waals surface area contributed by atoms with Gasteiger partial charge in [0, 0.05) is 20.1 Å². The molecular weight excluding hydrogens is 388 g/mol. The maximum absolute atomic E-state index is 12.5. The van der Waals surface area contributed by atoms with Crippen molar-refractivity contribution in [3.8, 4) is 11.5 Å². The molecule has 0 unspecified atom stereocenters. The van der Waals surface area contributed by atoms with Crippen LogP contribution in [0.4, 0.5) is 0 Å². The minimum atomic E-state index is -0.0760. The van der Waals surface area contributed by atoms with E-state index in [1.54, 1.807) is 44.6 Å². The van der Waals surface area contributed by atoms with Gasteiger partial charge < -0.3 is 9.47 Å². The van der Waals surface area contributed by atoms with E-state index in [9.17, 15) is 4.79 Å². The van der Waals surface area contributed by atoms with Gasteiger partial charge in [0.2, 0.25) is 0 Å². The smallest absolute Gasteiger partial charge is 0.193 e. The van der Waals surface area contributed by atoms with Gasteiger partial charge in [-0.3, -0.25) is 4.79 Å². The summed E-state index contributed by atoms with van der Waals surface area (Å²) in [6, 6.07) is 10.6. The number of ketones is 1. The second kappa shape index (κ2) is 6.41. The van der Waals surface area contributed by atoms with Crippen LogP contribution in [0.25, 0.3) is 0 Å². The highest BCUT2D eigenvalue weighted by Crippen LogP contribution is 2.29. The fourth-order valence-corrected chi connectivity index (χ4v) is 3.12. The molecule has 0 bridgehead atoms. The number of ether oxygens (including phenoxy) is 2. The van der Waals surface area contributed by atoms with Crippen LogP contribution in [0.3, 0.4) is 0 Å². The number of methoxy groups -OCH3 is 2. The summed E-state index contributed by atoms with van der Waals surface area (Å²) in [4.78, 5) is 12.5. The zero-order valence-corrected chi connectivity index (χ0v) is 14.1. The second-order valence-corrected chi connectivity index (χ2v) is 5.89. The van der Waals surface area contributed by atoms with E-state index in [1.807, 2.05) is 6.07 Å². The molecule has 0 aliphatic heterocycles. The minimum Gasteiger partial charge on any atom is -0.493 e. The van der Waals surface area contributed by atoms with Gasteiger partial charge in [0.1, 0.15) is 0 Å². The number of benzene rings is 2. The zero-order valence-electron chi connectivity index (χ0n) is 10.9. The fourth-order valence-electron chi connectivity index (χ4n) is 1.83. The molecule has 5 heteroatoms. The Labute approximate surface area is 134 Å². The average molecular weight is 400 g/mol. The largest absolute Gasteiger partial charge is 0.493 e. The molecule has 0 radical (unpaired) electrons. The first-order valence-electron chi connectivity index (χ1n) is 5.78. The van der Waals surface area contributed by atoms with Crippen molar-refractivity contribution < 1.29 is 14.3 Å². The van der Waals surface area contributed by atoms with Crippen LogP contribution >= 0.6 is 31.9 Å².